The van der Waals surface area contributed by atoms with Crippen LogP contribution >= 0.6 is 0 Å². The minimum absolute atomic E-state index is 0.192. The van der Waals surface area contributed by atoms with Crippen LogP contribution in [0.2, 0.25) is 0 Å². The molecule has 7 unspecified atom stereocenters. The number of amides is 1. The average Bonchev–Trinajstić information content (AvgIpc) is 3.38. The van der Waals surface area contributed by atoms with Gasteiger partial charge in [0.2, 0.25) is 5.91 Å². The van der Waals surface area contributed by atoms with E-state index >= 15 is 0 Å². The van der Waals surface area contributed by atoms with Gasteiger partial charge in [-0.1, -0.05) is 254 Å². The van der Waals surface area contributed by atoms with Crippen molar-refractivity contribution in [2.75, 3.05) is 13.2 Å². The highest BCUT2D eigenvalue weighted by molar-refractivity contribution is 5.76. The van der Waals surface area contributed by atoms with Gasteiger partial charge in [0.1, 0.15) is 24.4 Å². The largest absolute Gasteiger partial charge is 0.394 e. The van der Waals surface area contributed by atoms with E-state index in [0.717, 1.165) is 51.4 Å². The molecule has 7 atom stereocenters. The van der Waals surface area contributed by atoms with Gasteiger partial charge in [0.15, 0.2) is 6.29 Å². The molecular weight excluding hydrogens is 899 g/mol. The third kappa shape index (κ3) is 41.2. The van der Waals surface area contributed by atoms with Crippen LogP contribution < -0.4 is 5.32 Å². The maximum atomic E-state index is 13.1. The molecule has 0 aliphatic carbocycles. The Balaban J connectivity index is 2.24. The molecule has 1 aliphatic rings. The Morgan fingerprint density at radius 1 is 0.472 bits per heavy atom. The lowest BCUT2D eigenvalue weighted by atomic mass is 9.99. The predicted molar refractivity (Wildman–Crippen MR) is 304 cm³/mol. The highest BCUT2D eigenvalue weighted by atomic mass is 16.7. The Hall–Kier alpha value is -2.11. The van der Waals surface area contributed by atoms with Crippen molar-refractivity contribution < 1.29 is 39.8 Å². The first kappa shape index (κ1) is 67.9. The van der Waals surface area contributed by atoms with E-state index in [1.165, 1.54) is 205 Å². The van der Waals surface area contributed by atoms with Gasteiger partial charge in [-0.2, -0.15) is 0 Å². The van der Waals surface area contributed by atoms with Crippen LogP contribution in [0.1, 0.15) is 277 Å². The van der Waals surface area contributed by atoms with Gasteiger partial charge in [-0.3, -0.25) is 4.79 Å². The maximum absolute atomic E-state index is 13.1. The zero-order chi connectivity index (χ0) is 52.2. The zero-order valence-corrected chi connectivity index (χ0v) is 46.7. The highest BCUT2D eigenvalue weighted by Crippen LogP contribution is 2.23. The van der Waals surface area contributed by atoms with E-state index in [2.05, 4.69) is 67.8 Å². The summed E-state index contributed by atoms with van der Waals surface area (Å²) in [6, 6.07) is -0.832. The molecular formula is C63H115NO8. The third-order valence-corrected chi connectivity index (χ3v) is 14.3. The molecule has 0 radical (unpaired) electrons. The fourth-order valence-corrected chi connectivity index (χ4v) is 9.46. The summed E-state index contributed by atoms with van der Waals surface area (Å²) in [6.07, 6.45) is 64.4. The Kier molecular flexibility index (Phi) is 49.4. The molecule has 1 rings (SSSR count). The number of nitrogens with one attached hydrogen (secondary N) is 1. The molecule has 1 heterocycles. The van der Waals surface area contributed by atoms with Gasteiger partial charge in [-0.15, -0.1) is 0 Å². The van der Waals surface area contributed by atoms with Crippen molar-refractivity contribution in [3.63, 3.8) is 0 Å². The van der Waals surface area contributed by atoms with Crippen LogP contribution in [0.3, 0.4) is 0 Å². The number of ether oxygens (including phenoxy) is 2. The summed E-state index contributed by atoms with van der Waals surface area (Å²) < 4.78 is 11.3. The topological polar surface area (TPSA) is 149 Å². The number of unbranched alkanes of at least 4 members (excludes halogenated alkanes) is 34. The number of hydrogen-bond donors (Lipinski definition) is 6. The first-order valence-corrected chi connectivity index (χ1v) is 30.5. The molecule has 420 valence electrons. The lowest BCUT2D eigenvalue weighted by Gasteiger charge is -2.40. The lowest BCUT2D eigenvalue weighted by molar-refractivity contribution is -0.302. The summed E-state index contributed by atoms with van der Waals surface area (Å²) in [5, 5.41) is 54.5. The van der Waals surface area contributed by atoms with Gasteiger partial charge in [-0.05, 0) is 77.0 Å². The van der Waals surface area contributed by atoms with E-state index in [9.17, 15) is 30.3 Å². The second-order valence-corrected chi connectivity index (χ2v) is 21.1. The molecule has 1 fully saturated rings. The van der Waals surface area contributed by atoms with Crippen LogP contribution in [-0.2, 0) is 14.3 Å². The van der Waals surface area contributed by atoms with Crippen molar-refractivity contribution in [2.45, 2.75) is 320 Å². The van der Waals surface area contributed by atoms with Crippen molar-refractivity contribution in [1.29, 1.82) is 0 Å². The molecule has 1 amide bonds. The number of carbonyl (C=O) groups excluding carboxylic acids is 1. The lowest BCUT2D eigenvalue weighted by Crippen LogP contribution is -2.60. The maximum Gasteiger partial charge on any atom is 0.220 e. The molecule has 0 spiro atoms. The number of allylic oxidation sites excluding steroid dienone is 9. The molecule has 9 heteroatoms. The summed E-state index contributed by atoms with van der Waals surface area (Å²) >= 11 is 0. The molecule has 0 aromatic heterocycles. The molecule has 0 bridgehead atoms. The van der Waals surface area contributed by atoms with E-state index in [1.807, 2.05) is 6.08 Å². The summed E-state index contributed by atoms with van der Waals surface area (Å²) in [5.41, 5.74) is 0. The molecule has 1 saturated heterocycles. The molecule has 0 saturated carbocycles. The van der Waals surface area contributed by atoms with Gasteiger partial charge >= 0.3 is 0 Å². The summed E-state index contributed by atoms with van der Waals surface area (Å²) in [6.45, 7) is 3.78. The molecule has 9 nitrogen and oxygen atoms in total. The third-order valence-electron chi connectivity index (χ3n) is 14.3. The van der Waals surface area contributed by atoms with E-state index in [4.69, 9.17) is 9.47 Å². The van der Waals surface area contributed by atoms with Crippen LogP contribution in [0.4, 0.5) is 0 Å². The monoisotopic (exact) mass is 1010 g/mol. The van der Waals surface area contributed by atoms with Crippen LogP contribution in [-0.4, -0.2) is 87.5 Å². The van der Waals surface area contributed by atoms with E-state index < -0.39 is 49.5 Å². The Morgan fingerprint density at radius 3 is 1.25 bits per heavy atom. The van der Waals surface area contributed by atoms with Gasteiger partial charge < -0.3 is 40.3 Å². The summed E-state index contributed by atoms with van der Waals surface area (Å²) in [5.74, 6) is -0.192. The van der Waals surface area contributed by atoms with Crippen molar-refractivity contribution in [3.8, 4) is 0 Å². The normalized spacial score (nSPS) is 19.6. The van der Waals surface area contributed by atoms with Crippen LogP contribution in [0.25, 0.3) is 0 Å². The summed E-state index contributed by atoms with van der Waals surface area (Å²) in [7, 11) is 0. The van der Waals surface area contributed by atoms with E-state index in [1.54, 1.807) is 6.08 Å². The number of carbonyl (C=O) groups is 1. The number of rotatable bonds is 52. The van der Waals surface area contributed by atoms with Crippen molar-refractivity contribution in [1.82, 2.24) is 5.32 Å². The minimum Gasteiger partial charge on any atom is -0.394 e. The van der Waals surface area contributed by atoms with Crippen LogP contribution in [0.15, 0.2) is 60.8 Å². The molecule has 72 heavy (non-hydrogen) atoms. The van der Waals surface area contributed by atoms with Crippen LogP contribution in [0, 0.1) is 0 Å². The number of hydrogen-bond acceptors (Lipinski definition) is 8. The second-order valence-electron chi connectivity index (χ2n) is 21.1. The van der Waals surface area contributed by atoms with Crippen LogP contribution in [0.5, 0.6) is 0 Å². The fraction of sp³-hybridized carbons (Fsp3) is 0.825. The molecule has 0 aromatic carbocycles. The van der Waals surface area contributed by atoms with Crippen molar-refractivity contribution in [3.05, 3.63) is 60.8 Å². The average molecular weight is 1010 g/mol. The van der Waals surface area contributed by atoms with Gasteiger partial charge in [0.05, 0.1) is 25.4 Å². The molecule has 1 aliphatic heterocycles. The quantitative estimate of drug-likeness (QED) is 0.0261. The Labute approximate surface area is 443 Å². The molecule has 0 aromatic rings. The minimum atomic E-state index is -1.58. The predicted octanol–water partition coefficient (Wildman–Crippen LogP) is 15.5. The standard InChI is InChI=1S/C63H115NO8/c1-3-5-7-9-11-13-15-17-19-21-23-25-27-28-29-30-31-33-35-37-39-41-43-45-47-49-51-53-59(67)64-56(55-71-63-62(70)61(69)60(68)58(54-65)72-63)57(66)52-50-48-46-44-42-40-38-36-34-32-26-24-22-20-18-16-14-12-10-8-6-4-2/h23,25,28-29,34,36,42,44,50,52,56-58,60-63,65-66,68-70H,3-22,24,26-27,30-33,35,37-41,43,45-49,51,53-55H2,1-2H3,(H,64,67)/b25-23-,29-28-,36-34+,44-42+,52-50+. The fourth-order valence-electron chi connectivity index (χ4n) is 9.46. The summed E-state index contributed by atoms with van der Waals surface area (Å²) in [4.78, 5) is 13.1. The van der Waals surface area contributed by atoms with Gasteiger partial charge in [-0.25, -0.2) is 0 Å². The molecule has 6 N–H and O–H groups in total. The van der Waals surface area contributed by atoms with Gasteiger partial charge in [0.25, 0.3) is 0 Å². The van der Waals surface area contributed by atoms with E-state index in [-0.39, 0.29) is 12.5 Å². The first-order chi connectivity index (χ1) is 35.3. The number of aliphatic hydroxyl groups excluding tert-OH is 5. The van der Waals surface area contributed by atoms with E-state index in [0.29, 0.717) is 6.42 Å². The Bertz CT molecular complexity index is 1310. The zero-order valence-electron chi connectivity index (χ0n) is 46.7. The first-order valence-electron chi connectivity index (χ1n) is 30.5. The highest BCUT2D eigenvalue weighted by Gasteiger charge is 2.44. The number of aliphatic hydroxyl groups is 5. The SMILES string of the molecule is CCCCCCCCCCC/C=C\C/C=C\CCCCCCCCCCCCCC(=O)NC(COC1OC(CO)C(O)C(O)C1O)C(O)/C=C/CC/C=C/CC/C=C/CCCCCCCCCCCCCC. The second kappa shape index (κ2) is 52.3. The van der Waals surface area contributed by atoms with Crippen molar-refractivity contribution >= 4 is 5.91 Å². The van der Waals surface area contributed by atoms with Crippen molar-refractivity contribution in [2.24, 2.45) is 0 Å². The smallest absolute Gasteiger partial charge is 0.220 e. The van der Waals surface area contributed by atoms with Gasteiger partial charge in [0, 0.05) is 6.42 Å². The Morgan fingerprint density at radius 2 is 0.833 bits per heavy atom.